The summed E-state index contributed by atoms with van der Waals surface area (Å²) >= 11 is 0. The van der Waals surface area contributed by atoms with E-state index in [0.717, 1.165) is 17.1 Å². The Morgan fingerprint density at radius 1 is 1.43 bits per heavy atom. The third-order valence-electron chi connectivity index (χ3n) is 4.15. The lowest BCUT2D eigenvalue weighted by molar-refractivity contribution is -0.137. The zero-order valence-corrected chi connectivity index (χ0v) is 13.8. The summed E-state index contributed by atoms with van der Waals surface area (Å²) in [5.74, 6) is -1.01. The molecule has 1 rings (SSSR count). The van der Waals surface area contributed by atoms with Gasteiger partial charge < -0.3 is 9.84 Å². The predicted molar refractivity (Wildman–Crippen MR) is 79.2 cm³/mol. The molecule has 124 valence electrons. The number of hydrogen-bond acceptors (Lipinski definition) is 4. The molecule has 21 heavy (non-hydrogen) atoms. The lowest BCUT2D eigenvalue weighted by Crippen LogP contribution is -2.51. The Kier molecular flexibility index (Phi) is 6.58. The largest absolute Gasteiger partial charge is 0.481 e. The summed E-state index contributed by atoms with van der Waals surface area (Å²) in [7, 11) is -2.27. The Labute approximate surface area is 126 Å². The van der Waals surface area contributed by atoms with E-state index in [-0.39, 0.29) is 24.6 Å². The lowest BCUT2D eigenvalue weighted by atomic mass is 9.86. The topological polar surface area (TPSA) is 95.9 Å². The molecule has 1 saturated heterocycles. The number of hydrogen-bond donors (Lipinski definition) is 2. The summed E-state index contributed by atoms with van der Waals surface area (Å²) < 4.78 is 33.9. The van der Waals surface area contributed by atoms with Gasteiger partial charge in [-0.2, -0.15) is 17.4 Å². The average molecular weight is 322 g/mol. The standard InChI is InChI=1S/C13H26N2O5S/c1-4-13(5-2)10-11(7-9-20-13)14-21(18,19)15(3)8-6-12(16)17/h11,14H,4-10H2,1-3H3,(H,16,17). The van der Waals surface area contributed by atoms with Gasteiger partial charge in [-0.25, -0.2) is 0 Å². The third-order valence-corrected chi connectivity index (χ3v) is 5.78. The molecule has 1 heterocycles. The molecule has 0 amide bonds. The zero-order chi connectivity index (χ0) is 16.1. The van der Waals surface area contributed by atoms with Crippen molar-refractivity contribution in [2.75, 3.05) is 20.2 Å². The van der Waals surface area contributed by atoms with Crippen LogP contribution in [0.4, 0.5) is 0 Å². The van der Waals surface area contributed by atoms with Crippen molar-refractivity contribution >= 4 is 16.2 Å². The number of rotatable bonds is 8. The van der Waals surface area contributed by atoms with Gasteiger partial charge in [0.05, 0.1) is 12.0 Å². The summed E-state index contributed by atoms with van der Waals surface area (Å²) in [6.45, 7) is 4.58. The normalized spacial score (nSPS) is 22.4. The molecule has 8 heteroatoms. The van der Waals surface area contributed by atoms with E-state index in [9.17, 15) is 13.2 Å². The molecule has 0 aromatic heterocycles. The van der Waals surface area contributed by atoms with Crippen molar-refractivity contribution in [2.45, 2.75) is 57.6 Å². The third kappa shape index (κ3) is 5.21. The molecule has 0 saturated carbocycles. The van der Waals surface area contributed by atoms with E-state index < -0.39 is 16.2 Å². The van der Waals surface area contributed by atoms with Crippen LogP contribution in [0.25, 0.3) is 0 Å². The Bertz CT molecular complexity index is 447. The monoisotopic (exact) mass is 322 g/mol. The van der Waals surface area contributed by atoms with Crippen LogP contribution in [0.5, 0.6) is 0 Å². The maximum Gasteiger partial charge on any atom is 0.304 e. The Hall–Kier alpha value is -0.700. The molecule has 0 spiro atoms. The van der Waals surface area contributed by atoms with Gasteiger partial charge in [-0.05, 0) is 25.7 Å². The van der Waals surface area contributed by atoms with E-state index in [4.69, 9.17) is 9.84 Å². The van der Waals surface area contributed by atoms with Crippen molar-refractivity contribution in [1.29, 1.82) is 0 Å². The quantitative estimate of drug-likeness (QED) is 0.694. The van der Waals surface area contributed by atoms with E-state index >= 15 is 0 Å². The molecular formula is C13H26N2O5S. The van der Waals surface area contributed by atoms with Gasteiger partial charge in [-0.15, -0.1) is 0 Å². The number of carboxylic acid groups (broad SMARTS) is 1. The van der Waals surface area contributed by atoms with Crippen LogP contribution in [-0.4, -0.2) is 55.6 Å². The molecule has 1 atom stereocenters. The highest BCUT2D eigenvalue weighted by Gasteiger charge is 2.36. The van der Waals surface area contributed by atoms with Crippen molar-refractivity contribution in [3.05, 3.63) is 0 Å². The van der Waals surface area contributed by atoms with Crippen molar-refractivity contribution in [2.24, 2.45) is 0 Å². The number of nitrogens with zero attached hydrogens (tertiary/aromatic N) is 1. The van der Waals surface area contributed by atoms with E-state index in [2.05, 4.69) is 4.72 Å². The SMILES string of the molecule is CCC1(CC)CC(NS(=O)(=O)N(C)CCC(=O)O)CCO1. The van der Waals surface area contributed by atoms with E-state index in [1.54, 1.807) is 0 Å². The summed E-state index contributed by atoms with van der Waals surface area (Å²) in [6, 6.07) is -0.170. The summed E-state index contributed by atoms with van der Waals surface area (Å²) in [5.41, 5.74) is -0.259. The van der Waals surface area contributed by atoms with Crippen molar-refractivity contribution in [3.63, 3.8) is 0 Å². The van der Waals surface area contributed by atoms with Crippen molar-refractivity contribution in [1.82, 2.24) is 9.03 Å². The first-order valence-corrected chi connectivity index (χ1v) is 8.78. The van der Waals surface area contributed by atoms with Crippen LogP contribution >= 0.6 is 0 Å². The second-order valence-electron chi connectivity index (χ2n) is 5.52. The molecule has 1 unspecified atom stereocenters. The minimum atomic E-state index is -3.66. The van der Waals surface area contributed by atoms with Crippen LogP contribution < -0.4 is 4.72 Å². The van der Waals surface area contributed by atoms with Crippen molar-refractivity contribution < 1.29 is 23.1 Å². The molecule has 0 aromatic rings. The van der Waals surface area contributed by atoms with Gasteiger partial charge in [-0.1, -0.05) is 13.8 Å². The number of carboxylic acids is 1. The fraction of sp³-hybridized carbons (Fsp3) is 0.923. The number of ether oxygens (including phenoxy) is 1. The highest BCUT2D eigenvalue weighted by atomic mass is 32.2. The molecule has 1 aliphatic heterocycles. The second-order valence-corrected chi connectivity index (χ2v) is 7.33. The van der Waals surface area contributed by atoms with Crippen LogP contribution in [0.1, 0.15) is 46.0 Å². The Morgan fingerprint density at radius 3 is 2.57 bits per heavy atom. The molecule has 7 nitrogen and oxygen atoms in total. The van der Waals surface area contributed by atoms with Crippen LogP contribution in [0.2, 0.25) is 0 Å². The minimum Gasteiger partial charge on any atom is -0.481 e. The average Bonchev–Trinajstić information content (AvgIpc) is 2.44. The van der Waals surface area contributed by atoms with Gasteiger partial charge >= 0.3 is 5.97 Å². The first-order chi connectivity index (χ1) is 9.74. The maximum absolute atomic E-state index is 12.2. The maximum atomic E-state index is 12.2. The molecule has 0 aromatic carbocycles. The minimum absolute atomic E-state index is 0.0411. The number of aliphatic carboxylic acids is 1. The van der Waals surface area contributed by atoms with Gasteiger partial charge in [0.25, 0.3) is 10.2 Å². The summed E-state index contributed by atoms with van der Waals surface area (Å²) in [6.07, 6.45) is 2.76. The van der Waals surface area contributed by atoms with E-state index in [1.807, 2.05) is 13.8 Å². The molecule has 0 radical (unpaired) electrons. The Morgan fingerprint density at radius 2 is 2.05 bits per heavy atom. The Balaban J connectivity index is 2.64. The first-order valence-electron chi connectivity index (χ1n) is 7.34. The molecule has 1 aliphatic rings. The number of carbonyl (C=O) groups is 1. The fourth-order valence-corrected chi connectivity index (χ4v) is 3.68. The highest BCUT2D eigenvalue weighted by molar-refractivity contribution is 7.87. The predicted octanol–water partition coefficient (Wildman–Crippen LogP) is 0.965. The van der Waals surface area contributed by atoms with Gasteiger partial charge in [-0.3, -0.25) is 4.79 Å². The van der Waals surface area contributed by atoms with Crippen LogP contribution in [-0.2, 0) is 19.7 Å². The second kappa shape index (κ2) is 7.53. The van der Waals surface area contributed by atoms with E-state index in [1.165, 1.54) is 7.05 Å². The highest BCUT2D eigenvalue weighted by Crippen LogP contribution is 2.31. The van der Waals surface area contributed by atoms with Crippen LogP contribution in [0, 0.1) is 0 Å². The molecule has 0 bridgehead atoms. The summed E-state index contributed by atoms with van der Waals surface area (Å²) in [5, 5.41) is 8.62. The van der Waals surface area contributed by atoms with Crippen molar-refractivity contribution in [3.8, 4) is 0 Å². The smallest absolute Gasteiger partial charge is 0.304 e. The van der Waals surface area contributed by atoms with Crippen LogP contribution in [0.15, 0.2) is 0 Å². The molecule has 1 fully saturated rings. The zero-order valence-electron chi connectivity index (χ0n) is 13.0. The number of nitrogens with one attached hydrogen (secondary N) is 1. The van der Waals surface area contributed by atoms with Gasteiger partial charge in [0.1, 0.15) is 0 Å². The lowest BCUT2D eigenvalue weighted by Gasteiger charge is -2.40. The molecule has 2 N–H and O–H groups in total. The molecule has 0 aliphatic carbocycles. The fourth-order valence-electron chi connectivity index (χ4n) is 2.54. The van der Waals surface area contributed by atoms with Gasteiger partial charge in [0.2, 0.25) is 0 Å². The van der Waals surface area contributed by atoms with E-state index in [0.29, 0.717) is 19.4 Å². The van der Waals surface area contributed by atoms with Gasteiger partial charge in [0, 0.05) is 26.2 Å². The van der Waals surface area contributed by atoms with Crippen LogP contribution in [0.3, 0.4) is 0 Å². The molecular weight excluding hydrogens is 296 g/mol. The van der Waals surface area contributed by atoms with Gasteiger partial charge in [0.15, 0.2) is 0 Å². The first kappa shape index (κ1) is 18.3. The summed E-state index contributed by atoms with van der Waals surface area (Å²) in [4.78, 5) is 10.5.